The number of hydrogen-bond donors (Lipinski definition) is 2. The molecule has 3 N–H and O–H groups in total. The summed E-state index contributed by atoms with van der Waals surface area (Å²) in [5, 5.41) is 13.6. The van der Waals surface area contributed by atoms with Crippen molar-refractivity contribution < 1.29 is 9.72 Å². The lowest BCUT2D eigenvalue weighted by molar-refractivity contribution is -0.391. The van der Waals surface area contributed by atoms with E-state index in [9.17, 15) is 14.9 Å². The number of nitro groups is 1. The highest BCUT2D eigenvalue weighted by atomic mass is 16.6. The molecule has 0 saturated heterocycles. The molecule has 1 unspecified atom stereocenters. The Morgan fingerprint density at radius 2 is 2.16 bits per heavy atom. The Balaban J connectivity index is 2.99. The van der Waals surface area contributed by atoms with Crippen LogP contribution < -0.4 is 11.1 Å². The Bertz CT molecular complexity index is 495. The maximum absolute atomic E-state index is 12.2. The second-order valence-electron chi connectivity index (χ2n) is 5.12. The van der Waals surface area contributed by atoms with Crippen molar-refractivity contribution >= 4 is 11.7 Å². The van der Waals surface area contributed by atoms with Crippen LogP contribution in [0.1, 0.15) is 31.3 Å². The van der Waals surface area contributed by atoms with Crippen molar-refractivity contribution in [1.82, 2.24) is 9.88 Å². The molecule has 106 valence electrons. The first-order chi connectivity index (χ1) is 8.73. The maximum Gasteiger partial charge on any atom is 0.323 e. The number of aromatic nitrogens is 1. The van der Waals surface area contributed by atoms with Gasteiger partial charge in [-0.15, -0.1) is 0 Å². The Labute approximate surface area is 111 Å². The van der Waals surface area contributed by atoms with Crippen LogP contribution in [-0.2, 0) is 7.05 Å². The minimum Gasteiger partial charge on any atom is -0.358 e. The fourth-order valence-corrected chi connectivity index (χ4v) is 1.67. The molecule has 7 heteroatoms. The molecule has 0 aliphatic heterocycles. The molecule has 0 bridgehead atoms. The molecule has 0 spiro atoms. The third kappa shape index (κ3) is 2.93. The highest BCUT2D eigenvalue weighted by Gasteiger charge is 2.31. The number of nitrogens with two attached hydrogens (primary N) is 1. The largest absolute Gasteiger partial charge is 0.358 e. The summed E-state index contributed by atoms with van der Waals surface area (Å²) < 4.78 is 1.26. The van der Waals surface area contributed by atoms with Crippen LogP contribution in [0.25, 0.3) is 0 Å². The van der Waals surface area contributed by atoms with E-state index in [0.717, 1.165) is 0 Å². The summed E-state index contributed by atoms with van der Waals surface area (Å²) in [4.78, 5) is 22.4. The van der Waals surface area contributed by atoms with Crippen LogP contribution in [0.5, 0.6) is 0 Å². The lowest BCUT2D eigenvalue weighted by Crippen LogP contribution is -2.55. The monoisotopic (exact) mass is 268 g/mol. The third-order valence-electron chi connectivity index (χ3n) is 3.61. The van der Waals surface area contributed by atoms with E-state index in [1.54, 1.807) is 0 Å². The fourth-order valence-electron chi connectivity index (χ4n) is 1.67. The zero-order valence-corrected chi connectivity index (χ0v) is 11.6. The molecule has 1 aromatic rings. The number of hydrogen-bond acceptors (Lipinski definition) is 4. The number of carbonyl (C=O) groups excluding carboxylic acids is 1. The summed E-state index contributed by atoms with van der Waals surface area (Å²) in [5.74, 6) is -0.335. The zero-order valence-electron chi connectivity index (χ0n) is 11.6. The molecule has 0 radical (unpaired) electrons. The smallest absolute Gasteiger partial charge is 0.323 e. The van der Waals surface area contributed by atoms with Crippen molar-refractivity contribution in [2.75, 3.05) is 6.54 Å². The molecule has 0 saturated carbocycles. The second-order valence-corrected chi connectivity index (χ2v) is 5.12. The van der Waals surface area contributed by atoms with Crippen LogP contribution in [0.3, 0.4) is 0 Å². The molecule has 1 atom stereocenters. The third-order valence-corrected chi connectivity index (χ3v) is 3.61. The number of nitrogens with zero attached hydrogens (tertiary/aromatic N) is 2. The van der Waals surface area contributed by atoms with Crippen molar-refractivity contribution in [2.24, 2.45) is 18.7 Å². The quantitative estimate of drug-likeness (QED) is 0.615. The standard InChI is InChI=1S/C12H20N4O3/c1-8(2)12(3,7-13)14-11(17)9-5-6-10(15(9)4)16(18)19/h5-6,8H,7,13H2,1-4H3,(H,14,17). The van der Waals surface area contributed by atoms with Crippen LogP contribution in [0.2, 0.25) is 0 Å². The molecule has 0 fully saturated rings. The topological polar surface area (TPSA) is 103 Å². The molecule has 0 aromatic carbocycles. The SMILES string of the molecule is CC(C)C(C)(CN)NC(=O)c1ccc([N+](=O)[O-])n1C. The van der Waals surface area contributed by atoms with Gasteiger partial charge in [0.05, 0.1) is 12.6 Å². The van der Waals surface area contributed by atoms with Gasteiger partial charge in [-0.05, 0) is 23.8 Å². The van der Waals surface area contributed by atoms with Gasteiger partial charge in [-0.25, -0.2) is 4.57 Å². The van der Waals surface area contributed by atoms with Gasteiger partial charge < -0.3 is 21.2 Å². The van der Waals surface area contributed by atoms with E-state index < -0.39 is 10.5 Å². The summed E-state index contributed by atoms with van der Waals surface area (Å²) in [6.45, 7) is 6.07. The zero-order chi connectivity index (χ0) is 14.8. The number of rotatable bonds is 5. The average molecular weight is 268 g/mol. The van der Waals surface area contributed by atoms with Crippen LogP contribution >= 0.6 is 0 Å². The Morgan fingerprint density at radius 3 is 2.53 bits per heavy atom. The summed E-state index contributed by atoms with van der Waals surface area (Å²) in [7, 11) is 1.49. The van der Waals surface area contributed by atoms with Crippen LogP contribution in [0.15, 0.2) is 12.1 Å². The van der Waals surface area contributed by atoms with Crippen molar-refractivity contribution in [2.45, 2.75) is 26.3 Å². The number of amides is 1. The summed E-state index contributed by atoms with van der Waals surface area (Å²) >= 11 is 0. The first kappa shape index (κ1) is 15.2. The molecule has 0 aliphatic carbocycles. The first-order valence-corrected chi connectivity index (χ1v) is 6.05. The maximum atomic E-state index is 12.2. The molecular formula is C12H20N4O3. The van der Waals surface area contributed by atoms with E-state index in [-0.39, 0.29) is 23.3 Å². The Morgan fingerprint density at radius 1 is 1.58 bits per heavy atom. The van der Waals surface area contributed by atoms with E-state index in [4.69, 9.17) is 5.73 Å². The van der Waals surface area contributed by atoms with Gasteiger partial charge in [-0.1, -0.05) is 13.8 Å². The van der Waals surface area contributed by atoms with E-state index in [2.05, 4.69) is 5.32 Å². The summed E-state index contributed by atoms with van der Waals surface area (Å²) in [6.07, 6.45) is 0. The molecular weight excluding hydrogens is 248 g/mol. The van der Waals surface area contributed by atoms with Crippen molar-refractivity contribution in [3.63, 3.8) is 0 Å². The van der Waals surface area contributed by atoms with E-state index >= 15 is 0 Å². The van der Waals surface area contributed by atoms with Gasteiger partial charge in [-0.3, -0.25) is 4.79 Å². The molecule has 19 heavy (non-hydrogen) atoms. The van der Waals surface area contributed by atoms with Crippen molar-refractivity contribution in [3.8, 4) is 0 Å². The van der Waals surface area contributed by atoms with Gasteiger partial charge in [0, 0.05) is 12.6 Å². The van der Waals surface area contributed by atoms with Crippen molar-refractivity contribution in [3.05, 3.63) is 27.9 Å². The van der Waals surface area contributed by atoms with Crippen LogP contribution in [0.4, 0.5) is 5.82 Å². The van der Waals surface area contributed by atoms with Crippen molar-refractivity contribution in [1.29, 1.82) is 0 Å². The highest BCUT2D eigenvalue weighted by Crippen LogP contribution is 2.18. The Kier molecular flexibility index (Phi) is 4.31. The summed E-state index contributed by atoms with van der Waals surface area (Å²) in [6, 6.07) is 2.74. The van der Waals surface area contributed by atoms with E-state index in [0.29, 0.717) is 6.54 Å². The number of nitrogens with one attached hydrogen (secondary N) is 1. The van der Waals surface area contributed by atoms with Crippen LogP contribution in [-0.4, -0.2) is 27.5 Å². The minimum absolute atomic E-state index is 0.121. The van der Waals surface area contributed by atoms with Gasteiger partial charge in [0.15, 0.2) is 5.69 Å². The predicted molar refractivity (Wildman–Crippen MR) is 71.8 cm³/mol. The molecule has 1 rings (SSSR count). The average Bonchev–Trinajstić information content (AvgIpc) is 2.70. The lowest BCUT2D eigenvalue weighted by Gasteiger charge is -2.33. The van der Waals surface area contributed by atoms with E-state index in [1.807, 2.05) is 20.8 Å². The predicted octanol–water partition coefficient (Wildman–Crippen LogP) is 1.04. The highest BCUT2D eigenvalue weighted by molar-refractivity contribution is 5.93. The van der Waals surface area contributed by atoms with Crippen LogP contribution in [0, 0.1) is 16.0 Å². The first-order valence-electron chi connectivity index (χ1n) is 6.05. The van der Waals surface area contributed by atoms with Gasteiger partial charge in [0.2, 0.25) is 0 Å². The number of carbonyl (C=O) groups is 1. The molecule has 1 amide bonds. The second kappa shape index (κ2) is 5.40. The van der Waals surface area contributed by atoms with Gasteiger partial charge in [0.1, 0.15) is 0 Å². The molecule has 1 aromatic heterocycles. The fraction of sp³-hybridized carbons (Fsp3) is 0.583. The lowest BCUT2D eigenvalue weighted by atomic mass is 9.88. The molecule has 0 aliphatic rings. The summed E-state index contributed by atoms with van der Waals surface area (Å²) in [5.41, 5.74) is 5.39. The minimum atomic E-state index is -0.546. The molecule has 1 heterocycles. The molecule has 7 nitrogen and oxygen atoms in total. The normalized spacial score (nSPS) is 14.2. The van der Waals surface area contributed by atoms with E-state index in [1.165, 1.54) is 23.7 Å². The van der Waals surface area contributed by atoms with Gasteiger partial charge in [0.25, 0.3) is 5.91 Å². The van der Waals surface area contributed by atoms with Gasteiger partial charge in [-0.2, -0.15) is 0 Å². The van der Waals surface area contributed by atoms with Gasteiger partial charge >= 0.3 is 5.82 Å². The Hall–Kier alpha value is -1.89.